The van der Waals surface area contributed by atoms with Gasteiger partial charge in [-0.1, -0.05) is 40.2 Å². The molecule has 0 aromatic heterocycles. The molecule has 2 amide bonds. The average molecular weight is 309 g/mol. The fourth-order valence-corrected chi connectivity index (χ4v) is 1.71. The van der Waals surface area contributed by atoms with E-state index < -0.39 is 0 Å². The number of urea groups is 1. The number of rotatable bonds is 6. The van der Waals surface area contributed by atoms with Crippen LogP contribution in [0.2, 0.25) is 0 Å². The van der Waals surface area contributed by atoms with Crippen molar-refractivity contribution in [1.82, 2.24) is 10.2 Å². The first-order valence-electron chi connectivity index (χ1n) is 5.66. The summed E-state index contributed by atoms with van der Waals surface area (Å²) in [6, 6.07) is 7.72. The largest absolute Gasteiger partial charge is 0.334 e. The molecule has 0 saturated carbocycles. The molecule has 0 unspecified atom stereocenters. The summed E-state index contributed by atoms with van der Waals surface area (Å²) in [4.78, 5) is 13.5. The van der Waals surface area contributed by atoms with Gasteiger partial charge in [0, 0.05) is 24.1 Å². The Morgan fingerprint density at radius 3 is 2.28 bits per heavy atom. The Hall–Kier alpha value is -1.55. The molecular formula is C14H17BrN2O. The van der Waals surface area contributed by atoms with Crippen LogP contribution in [0.15, 0.2) is 54.0 Å². The van der Waals surface area contributed by atoms with E-state index in [0.29, 0.717) is 19.6 Å². The van der Waals surface area contributed by atoms with Crippen molar-refractivity contribution in [2.24, 2.45) is 0 Å². The van der Waals surface area contributed by atoms with Gasteiger partial charge in [0.05, 0.1) is 0 Å². The maximum atomic E-state index is 11.9. The van der Waals surface area contributed by atoms with E-state index in [0.717, 1.165) is 10.0 Å². The Morgan fingerprint density at radius 1 is 1.22 bits per heavy atom. The van der Waals surface area contributed by atoms with Gasteiger partial charge in [0.25, 0.3) is 0 Å². The van der Waals surface area contributed by atoms with Crippen LogP contribution < -0.4 is 5.32 Å². The number of halogens is 1. The first kappa shape index (κ1) is 14.5. The second-order valence-corrected chi connectivity index (χ2v) is 4.68. The highest BCUT2D eigenvalue weighted by Crippen LogP contribution is 2.10. The number of hydrogen-bond acceptors (Lipinski definition) is 1. The van der Waals surface area contributed by atoms with E-state index in [2.05, 4.69) is 34.4 Å². The highest BCUT2D eigenvalue weighted by atomic mass is 79.9. The van der Waals surface area contributed by atoms with Gasteiger partial charge in [-0.15, -0.1) is 13.2 Å². The van der Waals surface area contributed by atoms with Crippen LogP contribution in [0.25, 0.3) is 0 Å². The van der Waals surface area contributed by atoms with Gasteiger partial charge in [-0.25, -0.2) is 4.79 Å². The van der Waals surface area contributed by atoms with Crippen molar-refractivity contribution >= 4 is 22.0 Å². The van der Waals surface area contributed by atoms with Crippen molar-refractivity contribution in [3.63, 3.8) is 0 Å². The fraction of sp³-hybridized carbons (Fsp3) is 0.214. The molecule has 1 rings (SSSR count). The molecule has 0 spiro atoms. The molecule has 3 nitrogen and oxygen atoms in total. The van der Waals surface area contributed by atoms with Gasteiger partial charge in [0.15, 0.2) is 0 Å². The lowest BCUT2D eigenvalue weighted by molar-refractivity contribution is 0.208. The van der Waals surface area contributed by atoms with Crippen LogP contribution >= 0.6 is 15.9 Å². The summed E-state index contributed by atoms with van der Waals surface area (Å²) < 4.78 is 1.03. The number of nitrogens with one attached hydrogen (secondary N) is 1. The molecule has 0 aliphatic carbocycles. The van der Waals surface area contributed by atoms with Gasteiger partial charge in [-0.3, -0.25) is 0 Å². The van der Waals surface area contributed by atoms with Crippen molar-refractivity contribution in [2.45, 2.75) is 6.54 Å². The minimum Gasteiger partial charge on any atom is -0.334 e. The van der Waals surface area contributed by atoms with Crippen LogP contribution in [-0.2, 0) is 6.54 Å². The van der Waals surface area contributed by atoms with Gasteiger partial charge in [-0.2, -0.15) is 0 Å². The van der Waals surface area contributed by atoms with E-state index in [1.54, 1.807) is 17.1 Å². The molecule has 0 bridgehead atoms. The van der Waals surface area contributed by atoms with Crippen LogP contribution in [0.5, 0.6) is 0 Å². The zero-order valence-corrected chi connectivity index (χ0v) is 11.8. The summed E-state index contributed by atoms with van der Waals surface area (Å²) in [7, 11) is 0. The number of hydrogen-bond donors (Lipinski definition) is 1. The first-order valence-corrected chi connectivity index (χ1v) is 6.45. The van der Waals surface area contributed by atoms with Crippen LogP contribution in [0.4, 0.5) is 4.79 Å². The minimum atomic E-state index is -0.113. The minimum absolute atomic E-state index is 0.113. The Labute approximate surface area is 116 Å². The SMILES string of the molecule is C=CCN(CC=C)C(=O)NCc1ccc(Br)cc1. The van der Waals surface area contributed by atoms with Gasteiger partial charge < -0.3 is 10.2 Å². The quantitative estimate of drug-likeness (QED) is 0.803. The van der Waals surface area contributed by atoms with E-state index in [1.807, 2.05) is 24.3 Å². The van der Waals surface area contributed by atoms with Crippen LogP contribution in [0.3, 0.4) is 0 Å². The number of nitrogens with zero attached hydrogens (tertiary/aromatic N) is 1. The van der Waals surface area contributed by atoms with Crippen molar-refractivity contribution in [3.05, 3.63) is 59.6 Å². The smallest absolute Gasteiger partial charge is 0.318 e. The zero-order chi connectivity index (χ0) is 13.4. The first-order chi connectivity index (χ1) is 8.67. The second-order valence-electron chi connectivity index (χ2n) is 3.77. The lowest BCUT2D eigenvalue weighted by Crippen LogP contribution is -2.39. The normalized spacial score (nSPS) is 9.61. The summed E-state index contributed by atoms with van der Waals surface area (Å²) >= 11 is 3.37. The van der Waals surface area contributed by atoms with Crippen molar-refractivity contribution in [2.75, 3.05) is 13.1 Å². The Morgan fingerprint density at radius 2 is 1.78 bits per heavy atom. The van der Waals surface area contributed by atoms with Crippen molar-refractivity contribution in [3.8, 4) is 0 Å². The standard InChI is InChI=1S/C14H17BrN2O/c1-3-9-17(10-4-2)14(18)16-11-12-5-7-13(15)8-6-12/h3-8H,1-2,9-11H2,(H,16,18). The maximum Gasteiger partial charge on any atom is 0.318 e. The molecule has 0 radical (unpaired) electrons. The summed E-state index contributed by atoms with van der Waals surface area (Å²) in [5, 5.41) is 2.86. The summed E-state index contributed by atoms with van der Waals surface area (Å²) in [5.74, 6) is 0. The van der Waals surface area contributed by atoms with E-state index in [4.69, 9.17) is 0 Å². The predicted octanol–water partition coefficient (Wildman–Crippen LogP) is 3.33. The molecule has 96 valence electrons. The number of amides is 2. The van der Waals surface area contributed by atoms with Crippen molar-refractivity contribution < 1.29 is 4.79 Å². The second kappa shape index (κ2) is 7.71. The van der Waals surface area contributed by atoms with E-state index in [9.17, 15) is 4.79 Å². The van der Waals surface area contributed by atoms with E-state index in [1.165, 1.54) is 0 Å². The van der Waals surface area contributed by atoms with E-state index >= 15 is 0 Å². The number of carbonyl (C=O) groups excluding carboxylic acids is 1. The van der Waals surface area contributed by atoms with Gasteiger partial charge in [0.2, 0.25) is 0 Å². The third-order valence-electron chi connectivity index (χ3n) is 2.34. The molecule has 0 aliphatic rings. The molecule has 18 heavy (non-hydrogen) atoms. The lowest BCUT2D eigenvalue weighted by Gasteiger charge is -2.19. The van der Waals surface area contributed by atoms with Gasteiger partial charge in [-0.05, 0) is 17.7 Å². The average Bonchev–Trinajstić information content (AvgIpc) is 2.37. The Bertz CT molecular complexity index is 404. The molecule has 1 aromatic carbocycles. The third kappa shape index (κ3) is 4.75. The maximum absolute atomic E-state index is 11.9. The molecule has 0 fully saturated rings. The third-order valence-corrected chi connectivity index (χ3v) is 2.87. The van der Waals surface area contributed by atoms with E-state index in [-0.39, 0.29) is 6.03 Å². The van der Waals surface area contributed by atoms with Crippen molar-refractivity contribution in [1.29, 1.82) is 0 Å². The molecule has 4 heteroatoms. The Balaban J connectivity index is 2.50. The van der Waals surface area contributed by atoms with Gasteiger partial charge in [0.1, 0.15) is 0 Å². The van der Waals surface area contributed by atoms with Crippen LogP contribution in [0.1, 0.15) is 5.56 Å². The number of carbonyl (C=O) groups is 1. The molecule has 1 N–H and O–H groups in total. The topological polar surface area (TPSA) is 32.3 Å². The summed E-state index contributed by atoms with van der Waals surface area (Å²) in [5.41, 5.74) is 1.06. The molecule has 0 atom stereocenters. The molecule has 0 aliphatic heterocycles. The highest BCUT2D eigenvalue weighted by molar-refractivity contribution is 9.10. The van der Waals surface area contributed by atoms with Crippen LogP contribution in [0, 0.1) is 0 Å². The van der Waals surface area contributed by atoms with Gasteiger partial charge >= 0.3 is 6.03 Å². The molecule has 0 saturated heterocycles. The molecule has 0 heterocycles. The summed E-state index contributed by atoms with van der Waals surface area (Å²) in [6.07, 6.45) is 3.39. The van der Waals surface area contributed by atoms with Crippen LogP contribution in [-0.4, -0.2) is 24.0 Å². The highest BCUT2D eigenvalue weighted by Gasteiger charge is 2.09. The lowest BCUT2D eigenvalue weighted by atomic mass is 10.2. The zero-order valence-electron chi connectivity index (χ0n) is 10.2. The molecular weight excluding hydrogens is 292 g/mol. The molecule has 1 aromatic rings. The monoisotopic (exact) mass is 308 g/mol. The summed E-state index contributed by atoms with van der Waals surface area (Å²) in [6.45, 7) is 8.80. The number of benzene rings is 1. The Kier molecular flexibility index (Phi) is 6.22. The fourth-order valence-electron chi connectivity index (χ4n) is 1.44. The predicted molar refractivity (Wildman–Crippen MR) is 78.3 cm³/mol.